The van der Waals surface area contributed by atoms with Crippen LogP contribution in [0.3, 0.4) is 0 Å². The first-order valence-corrected chi connectivity index (χ1v) is 7.64. The Labute approximate surface area is 118 Å². The highest BCUT2D eigenvalue weighted by atomic mass is 32.2. The summed E-state index contributed by atoms with van der Waals surface area (Å²) in [7, 11) is -0.830. The third-order valence-electron chi connectivity index (χ3n) is 2.91. The minimum atomic E-state index is -1.07. The highest BCUT2D eigenvalue weighted by molar-refractivity contribution is 7.85. The summed E-state index contributed by atoms with van der Waals surface area (Å²) in [5, 5.41) is 8.55. The Hall–Kier alpha value is -1.89. The van der Waals surface area contributed by atoms with Gasteiger partial charge in [-0.1, -0.05) is 6.07 Å². The number of carboxylic acid groups (broad SMARTS) is 1. The lowest BCUT2D eigenvalue weighted by Crippen LogP contribution is -2.41. The number of aliphatic carboxylic acids is 1. The van der Waals surface area contributed by atoms with Crippen molar-refractivity contribution < 1.29 is 23.6 Å². The minimum absolute atomic E-state index is 0.150. The molecule has 6 nitrogen and oxygen atoms in total. The summed E-state index contributed by atoms with van der Waals surface area (Å²) in [6.45, 7) is 0.512. The molecule has 0 radical (unpaired) electrons. The fourth-order valence-electron chi connectivity index (χ4n) is 1.89. The van der Waals surface area contributed by atoms with E-state index < -0.39 is 23.4 Å². The van der Waals surface area contributed by atoms with Gasteiger partial charge in [-0.2, -0.15) is 0 Å². The molecule has 1 heterocycles. The van der Waals surface area contributed by atoms with E-state index in [2.05, 4.69) is 0 Å². The average molecular weight is 297 g/mol. The van der Waals surface area contributed by atoms with Crippen LogP contribution in [-0.4, -0.2) is 57.3 Å². The number of hydrogen-bond donors (Lipinski definition) is 1. The lowest BCUT2D eigenvalue weighted by molar-refractivity contribution is -0.139. The average Bonchev–Trinajstić information content (AvgIpc) is 2.45. The van der Waals surface area contributed by atoms with Crippen molar-refractivity contribution in [2.45, 2.75) is 0 Å². The monoisotopic (exact) mass is 297 g/mol. The molecule has 0 atom stereocenters. The molecule has 7 heteroatoms. The highest BCUT2D eigenvalue weighted by Crippen LogP contribution is 2.16. The van der Waals surface area contributed by atoms with Crippen LogP contribution in [0.4, 0.5) is 0 Å². The van der Waals surface area contributed by atoms with Crippen molar-refractivity contribution in [1.29, 1.82) is 0 Å². The Morgan fingerprint density at radius 2 is 2.00 bits per heavy atom. The van der Waals surface area contributed by atoms with Crippen molar-refractivity contribution in [3.8, 4) is 5.75 Å². The molecule has 1 aromatic rings. The van der Waals surface area contributed by atoms with Crippen LogP contribution in [-0.2, 0) is 15.6 Å². The molecule has 20 heavy (non-hydrogen) atoms. The van der Waals surface area contributed by atoms with Crippen LogP contribution in [0.25, 0.3) is 0 Å². The van der Waals surface area contributed by atoms with Crippen molar-refractivity contribution in [3.05, 3.63) is 29.8 Å². The zero-order valence-corrected chi connectivity index (χ0v) is 11.6. The number of amides is 1. The smallest absolute Gasteiger partial charge is 0.341 e. The van der Waals surface area contributed by atoms with Crippen molar-refractivity contribution in [3.63, 3.8) is 0 Å². The first-order valence-electron chi connectivity index (χ1n) is 6.15. The Kier molecular flexibility index (Phi) is 4.73. The molecule has 0 unspecified atom stereocenters. The summed E-state index contributed by atoms with van der Waals surface area (Å²) >= 11 is 0. The molecule has 1 fully saturated rings. The summed E-state index contributed by atoms with van der Waals surface area (Å²) in [5.74, 6) is 0.128. The van der Waals surface area contributed by atoms with Gasteiger partial charge in [0.15, 0.2) is 6.61 Å². The van der Waals surface area contributed by atoms with Crippen LogP contribution in [0.2, 0.25) is 0 Å². The number of hydrogen-bond acceptors (Lipinski definition) is 4. The van der Waals surface area contributed by atoms with Gasteiger partial charge >= 0.3 is 5.97 Å². The maximum Gasteiger partial charge on any atom is 0.341 e. The van der Waals surface area contributed by atoms with Crippen molar-refractivity contribution >= 4 is 22.7 Å². The van der Waals surface area contributed by atoms with Crippen LogP contribution in [0, 0.1) is 0 Å². The molecule has 0 aromatic heterocycles. The van der Waals surface area contributed by atoms with Gasteiger partial charge in [-0.25, -0.2) is 4.79 Å². The standard InChI is InChI=1S/C13H15NO5S/c15-12(16)9-19-11-3-1-2-10(8-11)13(17)14-4-6-20(18)7-5-14/h1-3,8H,4-7,9H2,(H,15,16). The minimum Gasteiger partial charge on any atom is -0.482 e. The maximum absolute atomic E-state index is 12.3. The predicted octanol–water partition coefficient (Wildman–Crippen LogP) is 0.355. The van der Waals surface area contributed by atoms with Gasteiger partial charge in [-0.15, -0.1) is 0 Å². The van der Waals surface area contributed by atoms with Crippen molar-refractivity contribution in [2.75, 3.05) is 31.2 Å². The van der Waals surface area contributed by atoms with E-state index in [1.807, 2.05) is 0 Å². The molecule has 0 spiro atoms. The Bertz CT molecular complexity index is 535. The highest BCUT2D eigenvalue weighted by Gasteiger charge is 2.21. The molecular formula is C13H15NO5S. The second-order valence-electron chi connectivity index (χ2n) is 4.35. The molecule has 0 aliphatic carbocycles. The van der Waals surface area contributed by atoms with Crippen LogP contribution in [0.1, 0.15) is 10.4 Å². The van der Waals surface area contributed by atoms with Gasteiger partial charge < -0.3 is 14.7 Å². The number of rotatable bonds is 4. The molecule has 1 saturated heterocycles. The predicted molar refractivity (Wildman–Crippen MR) is 73.4 cm³/mol. The Balaban J connectivity index is 2.04. The third-order valence-corrected chi connectivity index (χ3v) is 4.18. The number of carboxylic acids is 1. The molecule has 1 aliphatic heterocycles. The fraction of sp³-hybridized carbons (Fsp3) is 0.385. The molecule has 108 valence electrons. The van der Waals surface area contributed by atoms with E-state index in [9.17, 15) is 13.8 Å². The second kappa shape index (κ2) is 6.51. The van der Waals surface area contributed by atoms with Gasteiger partial charge in [0.25, 0.3) is 5.91 Å². The Morgan fingerprint density at radius 3 is 2.65 bits per heavy atom. The largest absolute Gasteiger partial charge is 0.482 e. The summed E-state index contributed by atoms with van der Waals surface area (Å²) in [6.07, 6.45) is 0. The Morgan fingerprint density at radius 1 is 1.30 bits per heavy atom. The fourth-order valence-corrected chi connectivity index (χ4v) is 2.94. The van der Waals surface area contributed by atoms with Gasteiger partial charge in [-0.05, 0) is 18.2 Å². The molecule has 2 rings (SSSR count). The molecule has 1 aromatic carbocycles. The van der Waals surface area contributed by atoms with Gasteiger partial charge in [0.05, 0.1) is 0 Å². The zero-order chi connectivity index (χ0) is 14.5. The van der Waals surface area contributed by atoms with Gasteiger partial charge in [0.1, 0.15) is 5.75 Å². The number of carbonyl (C=O) groups is 2. The second-order valence-corrected chi connectivity index (χ2v) is 6.05. The maximum atomic E-state index is 12.3. The quantitative estimate of drug-likeness (QED) is 0.867. The van der Waals surface area contributed by atoms with E-state index in [1.165, 1.54) is 6.07 Å². The molecule has 1 aliphatic rings. The van der Waals surface area contributed by atoms with E-state index in [1.54, 1.807) is 23.1 Å². The van der Waals surface area contributed by atoms with Gasteiger partial charge in [-0.3, -0.25) is 9.00 Å². The van der Waals surface area contributed by atoms with Crippen molar-refractivity contribution in [2.24, 2.45) is 0 Å². The van der Waals surface area contributed by atoms with Crippen LogP contribution < -0.4 is 4.74 Å². The van der Waals surface area contributed by atoms with E-state index in [-0.39, 0.29) is 5.91 Å². The molecule has 0 saturated carbocycles. The van der Waals surface area contributed by atoms with E-state index in [4.69, 9.17) is 9.84 Å². The van der Waals surface area contributed by atoms with E-state index >= 15 is 0 Å². The van der Waals surface area contributed by atoms with Crippen LogP contribution in [0.15, 0.2) is 24.3 Å². The number of carbonyl (C=O) groups excluding carboxylic acids is 1. The normalized spacial score (nSPS) is 15.9. The van der Waals surface area contributed by atoms with Gasteiger partial charge in [0.2, 0.25) is 0 Å². The number of nitrogens with zero attached hydrogens (tertiary/aromatic N) is 1. The first kappa shape index (κ1) is 14.5. The molecular weight excluding hydrogens is 282 g/mol. The topological polar surface area (TPSA) is 83.9 Å². The molecule has 0 bridgehead atoms. The SMILES string of the molecule is O=C(O)COc1cccc(C(=O)N2CCS(=O)CC2)c1. The lowest BCUT2D eigenvalue weighted by Gasteiger charge is -2.26. The zero-order valence-electron chi connectivity index (χ0n) is 10.8. The summed E-state index contributed by atoms with van der Waals surface area (Å²) in [4.78, 5) is 24.3. The van der Waals surface area contributed by atoms with Crippen LogP contribution in [0.5, 0.6) is 5.75 Å². The number of ether oxygens (including phenoxy) is 1. The first-order chi connectivity index (χ1) is 9.56. The summed E-state index contributed by atoms with van der Waals surface area (Å²) in [5.41, 5.74) is 0.445. The van der Waals surface area contributed by atoms with Crippen LogP contribution >= 0.6 is 0 Å². The van der Waals surface area contributed by atoms with Gasteiger partial charge in [0, 0.05) is 41.0 Å². The summed E-state index contributed by atoms with van der Waals surface area (Å²) < 4.78 is 16.3. The third kappa shape index (κ3) is 3.80. The molecule has 1 amide bonds. The van der Waals surface area contributed by atoms with Crippen molar-refractivity contribution in [1.82, 2.24) is 4.90 Å². The molecule has 1 N–H and O–H groups in total. The summed E-state index contributed by atoms with van der Waals surface area (Å²) in [6, 6.07) is 6.43. The lowest BCUT2D eigenvalue weighted by atomic mass is 10.2. The number of benzene rings is 1. The van der Waals surface area contributed by atoms with E-state index in [0.29, 0.717) is 35.9 Å². The van der Waals surface area contributed by atoms with E-state index in [0.717, 1.165) is 0 Å².